The van der Waals surface area contributed by atoms with Crippen LogP contribution in [0.4, 0.5) is 11.5 Å². The first-order chi connectivity index (χ1) is 18.4. The van der Waals surface area contributed by atoms with Crippen molar-refractivity contribution in [2.45, 2.75) is 26.7 Å². The number of aromatic amines is 1. The first-order valence-electron chi connectivity index (χ1n) is 13.0. The normalized spacial score (nSPS) is 12.8. The number of carbonyl (C=O) groups excluding carboxylic acids is 2. The summed E-state index contributed by atoms with van der Waals surface area (Å²) >= 11 is 0. The van der Waals surface area contributed by atoms with E-state index >= 15 is 0 Å². The molecule has 0 spiro atoms. The van der Waals surface area contributed by atoms with Gasteiger partial charge in [-0.15, -0.1) is 0 Å². The average Bonchev–Trinajstić information content (AvgIpc) is 3.71. The Morgan fingerprint density at radius 3 is 2.53 bits per heavy atom. The van der Waals surface area contributed by atoms with Gasteiger partial charge in [0.1, 0.15) is 5.82 Å². The lowest BCUT2D eigenvalue weighted by atomic mass is 10.00. The summed E-state index contributed by atoms with van der Waals surface area (Å²) in [5.74, 6) is 0.851. The Hall–Kier alpha value is -4.46. The topological polar surface area (TPSA) is 103 Å². The summed E-state index contributed by atoms with van der Waals surface area (Å²) in [6.45, 7) is 9.65. The van der Waals surface area contributed by atoms with Crippen molar-refractivity contribution in [3.63, 3.8) is 0 Å². The fourth-order valence-electron chi connectivity index (χ4n) is 4.64. The number of anilines is 2. The molecular formula is C30H32N6O2. The van der Waals surface area contributed by atoms with Crippen LogP contribution in [-0.2, 0) is 4.79 Å². The molecule has 38 heavy (non-hydrogen) atoms. The molecule has 0 radical (unpaired) electrons. The van der Waals surface area contributed by atoms with Crippen LogP contribution >= 0.6 is 0 Å². The molecule has 0 saturated heterocycles. The third-order valence-corrected chi connectivity index (χ3v) is 7.01. The molecule has 0 unspecified atom stereocenters. The molecule has 1 aliphatic carbocycles. The van der Waals surface area contributed by atoms with Gasteiger partial charge in [0.25, 0.3) is 5.91 Å². The van der Waals surface area contributed by atoms with Gasteiger partial charge < -0.3 is 20.5 Å². The molecule has 3 N–H and O–H groups in total. The summed E-state index contributed by atoms with van der Waals surface area (Å²) in [7, 11) is 1.82. The van der Waals surface area contributed by atoms with Crippen LogP contribution in [-0.4, -0.2) is 51.8 Å². The molecule has 0 atom stereocenters. The Bertz CT molecular complexity index is 1530. The van der Waals surface area contributed by atoms with Gasteiger partial charge in [0, 0.05) is 82.9 Å². The van der Waals surface area contributed by atoms with E-state index in [1.54, 1.807) is 18.6 Å². The lowest BCUT2D eigenvalue weighted by Crippen LogP contribution is -2.30. The molecule has 1 fully saturated rings. The number of benzene rings is 1. The van der Waals surface area contributed by atoms with E-state index in [1.165, 1.54) is 0 Å². The minimum atomic E-state index is 0.0116. The number of amides is 2. The Morgan fingerprint density at radius 1 is 1.05 bits per heavy atom. The fraction of sp³-hybridized carbons (Fsp3) is 0.267. The van der Waals surface area contributed by atoms with Crippen LogP contribution in [0.15, 0.2) is 61.6 Å². The molecule has 0 aliphatic heterocycles. The maximum atomic E-state index is 13.1. The lowest BCUT2D eigenvalue weighted by molar-refractivity contribution is -0.117. The van der Waals surface area contributed by atoms with Gasteiger partial charge in [-0.2, -0.15) is 0 Å². The van der Waals surface area contributed by atoms with E-state index in [-0.39, 0.29) is 17.7 Å². The second-order valence-electron chi connectivity index (χ2n) is 9.50. The Balaban J connectivity index is 1.49. The number of nitrogens with zero attached hydrogens (tertiary/aromatic N) is 3. The number of hydrogen-bond acceptors (Lipinski definition) is 5. The zero-order valence-electron chi connectivity index (χ0n) is 22.0. The van der Waals surface area contributed by atoms with Crippen molar-refractivity contribution in [3.05, 3.63) is 78.4 Å². The van der Waals surface area contributed by atoms with Crippen molar-refractivity contribution < 1.29 is 9.59 Å². The van der Waals surface area contributed by atoms with Crippen LogP contribution in [0.2, 0.25) is 0 Å². The van der Waals surface area contributed by atoms with Crippen molar-refractivity contribution in [2.24, 2.45) is 5.92 Å². The molecule has 1 aromatic carbocycles. The molecule has 8 heteroatoms. The molecule has 5 rings (SSSR count). The molecule has 1 saturated carbocycles. The molecule has 3 aromatic heterocycles. The number of carbonyl (C=O) groups is 2. The highest BCUT2D eigenvalue weighted by Gasteiger charge is 2.29. The summed E-state index contributed by atoms with van der Waals surface area (Å²) in [4.78, 5) is 39.6. The van der Waals surface area contributed by atoms with E-state index in [1.807, 2.05) is 62.2 Å². The minimum Gasteiger partial charge on any atom is -0.373 e. The van der Waals surface area contributed by atoms with Gasteiger partial charge in [-0.3, -0.25) is 14.6 Å². The zero-order valence-corrected chi connectivity index (χ0v) is 22.0. The van der Waals surface area contributed by atoms with E-state index in [0.29, 0.717) is 30.2 Å². The molecule has 2 amide bonds. The summed E-state index contributed by atoms with van der Waals surface area (Å²) < 4.78 is 0. The van der Waals surface area contributed by atoms with E-state index in [2.05, 4.69) is 32.2 Å². The Kier molecular flexibility index (Phi) is 6.96. The molecule has 1 aliphatic rings. The second kappa shape index (κ2) is 10.5. The van der Waals surface area contributed by atoms with Gasteiger partial charge in [0.05, 0.1) is 11.9 Å². The number of aromatic nitrogens is 3. The highest BCUT2D eigenvalue weighted by Crippen LogP contribution is 2.34. The monoisotopic (exact) mass is 508 g/mol. The van der Waals surface area contributed by atoms with Crippen LogP contribution in [0.3, 0.4) is 0 Å². The maximum absolute atomic E-state index is 13.1. The molecule has 3 heterocycles. The Morgan fingerprint density at radius 2 is 1.82 bits per heavy atom. The van der Waals surface area contributed by atoms with Crippen LogP contribution in [0, 0.1) is 5.92 Å². The third kappa shape index (κ3) is 4.89. The predicted octanol–water partition coefficient (Wildman–Crippen LogP) is 5.56. The van der Waals surface area contributed by atoms with Crippen molar-refractivity contribution in [1.82, 2.24) is 19.9 Å². The smallest absolute Gasteiger partial charge is 0.254 e. The van der Waals surface area contributed by atoms with Crippen molar-refractivity contribution in [1.29, 1.82) is 0 Å². The summed E-state index contributed by atoms with van der Waals surface area (Å²) in [6.07, 6.45) is 7.07. The van der Waals surface area contributed by atoms with E-state index in [4.69, 9.17) is 0 Å². The van der Waals surface area contributed by atoms with Gasteiger partial charge in [0.2, 0.25) is 5.91 Å². The molecular weight excluding hydrogens is 476 g/mol. The van der Waals surface area contributed by atoms with Crippen LogP contribution in [0.25, 0.3) is 27.6 Å². The summed E-state index contributed by atoms with van der Waals surface area (Å²) in [6, 6.07) is 11.6. The van der Waals surface area contributed by atoms with Gasteiger partial charge in [-0.25, -0.2) is 4.98 Å². The second-order valence-corrected chi connectivity index (χ2v) is 9.50. The number of H-pyrrole nitrogens is 1. The quantitative estimate of drug-likeness (QED) is 0.275. The standard InChI is InChI=1S/C30H32N6O2/c1-5-36(6-2)30(38)23-8-7-9-26-25(23)14-27(35-26)18(3)24-13-21(16-33-28(24)31-4)20-12-22(17-32-15-20)34-29(37)19-10-11-19/h7-9,12-17,19,35H,3,5-6,10-11H2,1-2,4H3,(H,31,33)(H,34,37). The highest BCUT2D eigenvalue weighted by atomic mass is 16.2. The number of nitrogens with one attached hydrogen (secondary N) is 3. The predicted molar refractivity (Wildman–Crippen MR) is 152 cm³/mol. The van der Waals surface area contributed by atoms with Crippen molar-refractivity contribution >= 4 is 39.8 Å². The minimum absolute atomic E-state index is 0.0116. The number of hydrogen-bond donors (Lipinski definition) is 3. The van der Waals surface area contributed by atoms with Gasteiger partial charge in [-0.1, -0.05) is 12.6 Å². The van der Waals surface area contributed by atoms with Crippen molar-refractivity contribution in [3.8, 4) is 11.1 Å². The van der Waals surface area contributed by atoms with Crippen LogP contribution in [0.1, 0.15) is 48.3 Å². The van der Waals surface area contributed by atoms with E-state index < -0.39 is 0 Å². The average molecular weight is 509 g/mol. The first-order valence-corrected chi connectivity index (χ1v) is 13.0. The SMILES string of the molecule is C=C(c1cc2c(C(=O)N(CC)CC)cccc2[nH]1)c1cc(-c2cncc(NC(=O)C3CC3)c2)cnc1NC. The highest BCUT2D eigenvalue weighted by molar-refractivity contribution is 6.07. The lowest BCUT2D eigenvalue weighted by Gasteiger charge is -2.19. The molecule has 0 bridgehead atoms. The Labute approximate surface area is 222 Å². The zero-order chi connectivity index (χ0) is 26.8. The maximum Gasteiger partial charge on any atom is 0.254 e. The van der Waals surface area contributed by atoms with E-state index in [9.17, 15) is 9.59 Å². The molecule has 194 valence electrons. The van der Waals surface area contributed by atoms with Crippen LogP contribution in [0.5, 0.6) is 0 Å². The van der Waals surface area contributed by atoms with Gasteiger partial charge in [-0.05, 0) is 57.0 Å². The molecule has 8 nitrogen and oxygen atoms in total. The first kappa shape index (κ1) is 25.2. The van der Waals surface area contributed by atoms with Gasteiger partial charge >= 0.3 is 0 Å². The van der Waals surface area contributed by atoms with Crippen molar-refractivity contribution in [2.75, 3.05) is 30.8 Å². The fourth-order valence-corrected chi connectivity index (χ4v) is 4.64. The number of rotatable bonds is 9. The van der Waals surface area contributed by atoms with E-state index in [0.717, 1.165) is 51.7 Å². The summed E-state index contributed by atoms with van der Waals surface area (Å²) in [5.41, 5.74) is 6.26. The number of pyridine rings is 2. The largest absolute Gasteiger partial charge is 0.373 e. The molecule has 4 aromatic rings. The number of fused-ring (bicyclic) bond motifs is 1. The van der Waals surface area contributed by atoms with Gasteiger partial charge in [0.15, 0.2) is 0 Å². The third-order valence-electron chi connectivity index (χ3n) is 7.01. The van der Waals surface area contributed by atoms with Crippen LogP contribution < -0.4 is 10.6 Å². The summed E-state index contributed by atoms with van der Waals surface area (Å²) in [5, 5.41) is 6.97.